The van der Waals surface area contributed by atoms with Crippen LogP contribution < -0.4 is 0 Å². The standard InChI is InChI=1S/C23H20N2O/c1-2-21-22(17-9-5-3-6-10-17)24-23(18-13-15-20(26)16-14-18)25(21)19-11-7-4-8-12-19/h3-16,26H,2H2,1H3. The smallest absolute Gasteiger partial charge is 0.145 e. The second kappa shape index (κ2) is 6.89. The monoisotopic (exact) mass is 340 g/mol. The summed E-state index contributed by atoms with van der Waals surface area (Å²) in [6.45, 7) is 2.16. The van der Waals surface area contributed by atoms with Gasteiger partial charge in [-0.2, -0.15) is 0 Å². The van der Waals surface area contributed by atoms with E-state index in [0.29, 0.717) is 0 Å². The molecule has 0 unspecified atom stereocenters. The van der Waals surface area contributed by atoms with Crippen LogP contribution in [0.3, 0.4) is 0 Å². The minimum atomic E-state index is 0.255. The molecule has 4 rings (SSSR count). The minimum absolute atomic E-state index is 0.255. The van der Waals surface area contributed by atoms with Crippen LogP contribution in [-0.4, -0.2) is 14.7 Å². The molecule has 0 bridgehead atoms. The zero-order chi connectivity index (χ0) is 17.9. The van der Waals surface area contributed by atoms with E-state index >= 15 is 0 Å². The fourth-order valence-corrected chi connectivity index (χ4v) is 3.27. The van der Waals surface area contributed by atoms with Gasteiger partial charge in [-0.3, -0.25) is 4.57 Å². The van der Waals surface area contributed by atoms with E-state index in [1.807, 2.05) is 48.5 Å². The van der Waals surface area contributed by atoms with Crippen LogP contribution in [0.1, 0.15) is 12.6 Å². The summed E-state index contributed by atoms with van der Waals surface area (Å²) in [5.74, 6) is 1.14. The van der Waals surface area contributed by atoms with Gasteiger partial charge in [-0.15, -0.1) is 0 Å². The molecule has 0 saturated heterocycles. The van der Waals surface area contributed by atoms with E-state index in [4.69, 9.17) is 4.98 Å². The molecule has 1 N–H and O–H groups in total. The van der Waals surface area contributed by atoms with Crippen LogP contribution in [0.2, 0.25) is 0 Å². The van der Waals surface area contributed by atoms with Gasteiger partial charge < -0.3 is 5.11 Å². The molecule has 0 atom stereocenters. The van der Waals surface area contributed by atoms with Crippen molar-refractivity contribution in [2.75, 3.05) is 0 Å². The predicted octanol–water partition coefficient (Wildman–Crippen LogP) is 5.47. The Kier molecular flexibility index (Phi) is 4.28. The third kappa shape index (κ3) is 2.88. The highest BCUT2D eigenvalue weighted by atomic mass is 16.3. The fraction of sp³-hybridized carbons (Fsp3) is 0.0870. The van der Waals surface area contributed by atoms with Gasteiger partial charge >= 0.3 is 0 Å². The van der Waals surface area contributed by atoms with Crippen LogP contribution in [-0.2, 0) is 6.42 Å². The molecule has 0 radical (unpaired) electrons. The lowest BCUT2D eigenvalue weighted by Gasteiger charge is -2.12. The minimum Gasteiger partial charge on any atom is -0.508 e. The highest BCUT2D eigenvalue weighted by Gasteiger charge is 2.19. The van der Waals surface area contributed by atoms with Gasteiger partial charge in [0.15, 0.2) is 0 Å². The first-order chi connectivity index (χ1) is 12.8. The Morgan fingerprint density at radius 3 is 2.00 bits per heavy atom. The van der Waals surface area contributed by atoms with Crippen molar-refractivity contribution in [2.45, 2.75) is 13.3 Å². The molecule has 1 aromatic heterocycles. The summed E-state index contributed by atoms with van der Waals surface area (Å²) in [4.78, 5) is 5.01. The van der Waals surface area contributed by atoms with Gasteiger partial charge in [0.2, 0.25) is 0 Å². The molecular weight excluding hydrogens is 320 g/mol. The van der Waals surface area contributed by atoms with E-state index in [1.165, 1.54) is 5.69 Å². The lowest BCUT2D eigenvalue weighted by molar-refractivity contribution is 0.475. The summed E-state index contributed by atoms with van der Waals surface area (Å²) in [5, 5.41) is 9.65. The van der Waals surface area contributed by atoms with Crippen molar-refractivity contribution < 1.29 is 5.11 Å². The average molecular weight is 340 g/mol. The topological polar surface area (TPSA) is 38.1 Å². The van der Waals surface area contributed by atoms with Gasteiger partial charge in [0, 0.05) is 16.8 Å². The predicted molar refractivity (Wildman–Crippen MR) is 105 cm³/mol. The Hall–Kier alpha value is -3.33. The molecule has 0 spiro atoms. The molecule has 0 amide bonds. The zero-order valence-corrected chi connectivity index (χ0v) is 14.6. The first kappa shape index (κ1) is 16.2. The van der Waals surface area contributed by atoms with Crippen molar-refractivity contribution in [3.63, 3.8) is 0 Å². The summed E-state index contributed by atoms with van der Waals surface area (Å²) in [6.07, 6.45) is 0.865. The van der Waals surface area contributed by atoms with E-state index in [0.717, 1.165) is 34.8 Å². The average Bonchev–Trinajstić information content (AvgIpc) is 3.09. The highest BCUT2D eigenvalue weighted by molar-refractivity contribution is 5.71. The molecule has 3 aromatic carbocycles. The van der Waals surface area contributed by atoms with E-state index < -0.39 is 0 Å². The summed E-state index contributed by atoms with van der Waals surface area (Å²) in [5.41, 5.74) is 5.34. The van der Waals surface area contributed by atoms with Crippen molar-refractivity contribution in [2.24, 2.45) is 0 Å². The van der Waals surface area contributed by atoms with Crippen LogP contribution in [0.25, 0.3) is 28.3 Å². The number of aromatic nitrogens is 2. The van der Waals surface area contributed by atoms with Gasteiger partial charge in [-0.25, -0.2) is 4.98 Å². The highest BCUT2D eigenvalue weighted by Crippen LogP contribution is 2.33. The van der Waals surface area contributed by atoms with Crippen LogP contribution in [0.15, 0.2) is 84.9 Å². The molecule has 26 heavy (non-hydrogen) atoms. The second-order valence-corrected chi connectivity index (χ2v) is 6.17. The number of hydrogen-bond donors (Lipinski definition) is 1. The van der Waals surface area contributed by atoms with Crippen molar-refractivity contribution in [1.82, 2.24) is 9.55 Å². The molecule has 0 fully saturated rings. The fourth-order valence-electron chi connectivity index (χ4n) is 3.27. The molecule has 4 aromatic rings. The maximum absolute atomic E-state index is 9.65. The number of imidazole rings is 1. The van der Waals surface area contributed by atoms with E-state index in [1.54, 1.807) is 12.1 Å². The Morgan fingerprint density at radius 2 is 1.38 bits per heavy atom. The number of nitrogens with zero attached hydrogens (tertiary/aromatic N) is 2. The van der Waals surface area contributed by atoms with Crippen molar-refractivity contribution in [1.29, 1.82) is 0 Å². The van der Waals surface area contributed by atoms with Gasteiger partial charge in [0.05, 0.1) is 11.4 Å². The van der Waals surface area contributed by atoms with Gasteiger partial charge in [0.25, 0.3) is 0 Å². The molecule has 128 valence electrons. The Labute approximate surface area is 153 Å². The van der Waals surface area contributed by atoms with E-state index in [9.17, 15) is 5.11 Å². The normalized spacial score (nSPS) is 10.8. The van der Waals surface area contributed by atoms with Crippen molar-refractivity contribution >= 4 is 0 Å². The number of rotatable bonds is 4. The number of phenolic OH excluding ortho intramolecular Hbond substituents is 1. The first-order valence-corrected chi connectivity index (χ1v) is 8.80. The molecule has 0 aliphatic carbocycles. The Bertz CT molecular complexity index is 1000. The Morgan fingerprint density at radius 1 is 0.769 bits per heavy atom. The molecule has 0 aliphatic rings. The third-order valence-electron chi connectivity index (χ3n) is 4.49. The first-order valence-electron chi connectivity index (χ1n) is 8.80. The molecule has 1 heterocycles. The largest absolute Gasteiger partial charge is 0.508 e. The maximum atomic E-state index is 9.65. The van der Waals surface area contributed by atoms with E-state index in [2.05, 4.69) is 35.8 Å². The molecular formula is C23H20N2O. The lowest BCUT2D eigenvalue weighted by atomic mass is 10.1. The molecule has 0 saturated carbocycles. The lowest BCUT2D eigenvalue weighted by Crippen LogP contribution is -2.02. The number of phenols is 1. The SMILES string of the molecule is CCc1c(-c2ccccc2)nc(-c2ccc(O)cc2)n1-c1ccccc1. The number of benzene rings is 3. The van der Waals surface area contributed by atoms with Crippen molar-refractivity contribution in [3.05, 3.63) is 90.6 Å². The van der Waals surface area contributed by atoms with Gasteiger partial charge in [-0.05, 0) is 42.8 Å². The zero-order valence-electron chi connectivity index (χ0n) is 14.6. The number of aromatic hydroxyl groups is 1. The van der Waals surface area contributed by atoms with Gasteiger partial charge in [0.1, 0.15) is 11.6 Å². The number of hydrogen-bond acceptors (Lipinski definition) is 2. The van der Waals surface area contributed by atoms with Crippen LogP contribution >= 0.6 is 0 Å². The van der Waals surface area contributed by atoms with Crippen LogP contribution in [0, 0.1) is 0 Å². The van der Waals surface area contributed by atoms with Crippen LogP contribution in [0.4, 0.5) is 0 Å². The summed E-state index contributed by atoms with van der Waals surface area (Å²) < 4.78 is 2.22. The van der Waals surface area contributed by atoms with Crippen molar-refractivity contribution in [3.8, 4) is 34.1 Å². The maximum Gasteiger partial charge on any atom is 0.145 e. The Balaban J connectivity index is 2.00. The second-order valence-electron chi connectivity index (χ2n) is 6.17. The third-order valence-corrected chi connectivity index (χ3v) is 4.49. The number of para-hydroxylation sites is 1. The molecule has 0 aliphatic heterocycles. The summed E-state index contributed by atoms with van der Waals surface area (Å²) >= 11 is 0. The van der Waals surface area contributed by atoms with Gasteiger partial charge in [-0.1, -0.05) is 55.5 Å². The quantitative estimate of drug-likeness (QED) is 0.534. The summed E-state index contributed by atoms with van der Waals surface area (Å²) in [7, 11) is 0. The molecule has 3 nitrogen and oxygen atoms in total. The van der Waals surface area contributed by atoms with Crippen LogP contribution in [0.5, 0.6) is 5.75 Å². The van der Waals surface area contributed by atoms with E-state index in [-0.39, 0.29) is 5.75 Å². The molecule has 3 heteroatoms. The summed E-state index contributed by atoms with van der Waals surface area (Å²) in [6, 6.07) is 27.8.